The summed E-state index contributed by atoms with van der Waals surface area (Å²) in [5.74, 6) is -0.452. The normalized spacial score (nSPS) is 10.2. The van der Waals surface area contributed by atoms with Crippen molar-refractivity contribution in [3.05, 3.63) is 66.6 Å². The van der Waals surface area contributed by atoms with Crippen molar-refractivity contribution in [3.63, 3.8) is 0 Å². The number of hydrogen-bond donors (Lipinski definition) is 0. The van der Waals surface area contributed by atoms with E-state index in [1.54, 1.807) is 43.1 Å². The average Bonchev–Trinajstić information content (AvgIpc) is 3.01. The molecule has 0 aliphatic carbocycles. The molecule has 5 heteroatoms. The molecule has 0 radical (unpaired) electrons. The SMILES string of the molecule is N#Cc1ccc(-c2ccc(-n3ccnc3)cn2)c(F)c1. The van der Waals surface area contributed by atoms with Gasteiger partial charge < -0.3 is 4.57 Å². The minimum absolute atomic E-state index is 0.293. The second kappa shape index (κ2) is 4.94. The van der Waals surface area contributed by atoms with Gasteiger partial charge in [0.2, 0.25) is 0 Å². The number of hydrogen-bond acceptors (Lipinski definition) is 3. The molecule has 2 aromatic heterocycles. The third kappa shape index (κ3) is 2.15. The predicted molar refractivity (Wildman–Crippen MR) is 71.5 cm³/mol. The highest BCUT2D eigenvalue weighted by Crippen LogP contribution is 2.22. The van der Waals surface area contributed by atoms with Gasteiger partial charge in [-0.05, 0) is 30.3 Å². The molecule has 0 amide bonds. The number of aromatic nitrogens is 3. The zero-order valence-electron chi connectivity index (χ0n) is 10.4. The van der Waals surface area contributed by atoms with E-state index in [4.69, 9.17) is 5.26 Å². The number of halogens is 1. The Balaban J connectivity index is 1.98. The maximum absolute atomic E-state index is 13.9. The Morgan fingerprint density at radius 2 is 2.10 bits per heavy atom. The smallest absolute Gasteiger partial charge is 0.133 e. The predicted octanol–water partition coefficient (Wildman–Crippen LogP) is 2.95. The lowest BCUT2D eigenvalue weighted by Crippen LogP contribution is -1.93. The summed E-state index contributed by atoms with van der Waals surface area (Å²) >= 11 is 0. The van der Waals surface area contributed by atoms with Gasteiger partial charge in [0.05, 0.1) is 35.5 Å². The highest BCUT2D eigenvalue weighted by Gasteiger charge is 2.07. The number of benzene rings is 1. The topological polar surface area (TPSA) is 54.5 Å². The summed E-state index contributed by atoms with van der Waals surface area (Å²) in [6.45, 7) is 0. The van der Waals surface area contributed by atoms with Gasteiger partial charge in [-0.15, -0.1) is 0 Å². The van der Waals surface area contributed by atoms with Crippen molar-refractivity contribution in [2.45, 2.75) is 0 Å². The number of pyridine rings is 1. The van der Waals surface area contributed by atoms with Gasteiger partial charge in [-0.25, -0.2) is 9.37 Å². The highest BCUT2D eigenvalue weighted by atomic mass is 19.1. The maximum Gasteiger partial charge on any atom is 0.133 e. The first-order valence-corrected chi connectivity index (χ1v) is 5.92. The van der Waals surface area contributed by atoms with Crippen molar-refractivity contribution in [2.24, 2.45) is 0 Å². The van der Waals surface area contributed by atoms with E-state index < -0.39 is 5.82 Å². The van der Waals surface area contributed by atoms with E-state index in [1.165, 1.54) is 6.07 Å². The molecule has 2 heterocycles. The molecule has 20 heavy (non-hydrogen) atoms. The molecule has 0 N–H and O–H groups in total. The van der Waals surface area contributed by atoms with Crippen LogP contribution in [-0.2, 0) is 0 Å². The first-order valence-electron chi connectivity index (χ1n) is 5.92. The third-order valence-corrected chi connectivity index (χ3v) is 2.92. The van der Waals surface area contributed by atoms with Crippen LogP contribution in [0, 0.1) is 17.1 Å². The van der Waals surface area contributed by atoms with Gasteiger partial charge in [0.25, 0.3) is 0 Å². The summed E-state index contributed by atoms with van der Waals surface area (Å²) in [7, 11) is 0. The number of nitriles is 1. The molecule has 0 unspecified atom stereocenters. The second-order valence-corrected chi connectivity index (χ2v) is 4.18. The van der Waals surface area contributed by atoms with E-state index in [9.17, 15) is 4.39 Å². The van der Waals surface area contributed by atoms with E-state index in [0.29, 0.717) is 16.8 Å². The molecular weight excluding hydrogens is 255 g/mol. The van der Waals surface area contributed by atoms with Gasteiger partial charge in [0, 0.05) is 18.0 Å². The summed E-state index contributed by atoms with van der Waals surface area (Å²) in [5.41, 5.74) is 2.04. The fraction of sp³-hybridized carbons (Fsp3) is 0. The molecule has 0 saturated carbocycles. The Morgan fingerprint density at radius 1 is 1.20 bits per heavy atom. The van der Waals surface area contributed by atoms with E-state index in [-0.39, 0.29) is 0 Å². The summed E-state index contributed by atoms with van der Waals surface area (Å²) < 4.78 is 15.7. The first-order chi connectivity index (χ1) is 9.78. The van der Waals surface area contributed by atoms with E-state index in [2.05, 4.69) is 9.97 Å². The zero-order chi connectivity index (χ0) is 13.9. The van der Waals surface area contributed by atoms with Gasteiger partial charge in [-0.3, -0.25) is 4.98 Å². The van der Waals surface area contributed by atoms with Crippen LogP contribution in [0.15, 0.2) is 55.2 Å². The van der Waals surface area contributed by atoms with Gasteiger partial charge >= 0.3 is 0 Å². The van der Waals surface area contributed by atoms with Gasteiger partial charge in [-0.1, -0.05) is 0 Å². The van der Waals surface area contributed by atoms with Crippen LogP contribution in [0.4, 0.5) is 4.39 Å². The highest BCUT2D eigenvalue weighted by molar-refractivity contribution is 5.61. The van der Waals surface area contributed by atoms with Gasteiger partial charge in [0.15, 0.2) is 0 Å². The van der Waals surface area contributed by atoms with Crippen molar-refractivity contribution >= 4 is 0 Å². The molecule has 0 fully saturated rings. The number of nitrogens with zero attached hydrogens (tertiary/aromatic N) is 4. The minimum Gasteiger partial charge on any atom is -0.305 e. The molecule has 3 rings (SSSR count). The van der Waals surface area contributed by atoms with Gasteiger partial charge in [0.1, 0.15) is 5.82 Å². The summed E-state index contributed by atoms with van der Waals surface area (Å²) in [4.78, 5) is 8.21. The van der Waals surface area contributed by atoms with E-state index in [1.807, 2.05) is 16.7 Å². The van der Waals surface area contributed by atoms with Gasteiger partial charge in [-0.2, -0.15) is 5.26 Å². The molecule has 4 nitrogen and oxygen atoms in total. The lowest BCUT2D eigenvalue weighted by molar-refractivity contribution is 0.630. The average molecular weight is 264 g/mol. The van der Waals surface area contributed by atoms with Crippen LogP contribution < -0.4 is 0 Å². The van der Waals surface area contributed by atoms with Crippen LogP contribution in [0.3, 0.4) is 0 Å². The molecule has 3 aromatic rings. The molecule has 0 aliphatic rings. The summed E-state index contributed by atoms with van der Waals surface area (Å²) in [5, 5.41) is 8.72. The Kier molecular flexibility index (Phi) is 2.98. The molecule has 1 aromatic carbocycles. The fourth-order valence-corrected chi connectivity index (χ4v) is 1.90. The monoisotopic (exact) mass is 264 g/mol. The molecule has 0 atom stereocenters. The molecule has 0 bridgehead atoms. The Labute approximate surface area is 114 Å². The fourth-order valence-electron chi connectivity index (χ4n) is 1.90. The van der Waals surface area contributed by atoms with Crippen LogP contribution in [0.25, 0.3) is 16.9 Å². The quantitative estimate of drug-likeness (QED) is 0.715. The largest absolute Gasteiger partial charge is 0.305 e. The first kappa shape index (κ1) is 12.1. The Hall–Kier alpha value is -3.00. The number of imidazole rings is 1. The van der Waals surface area contributed by atoms with Crippen molar-refractivity contribution in [1.29, 1.82) is 5.26 Å². The van der Waals surface area contributed by atoms with E-state index in [0.717, 1.165) is 5.69 Å². The molecular formula is C15H9FN4. The second-order valence-electron chi connectivity index (χ2n) is 4.18. The van der Waals surface area contributed by atoms with Crippen LogP contribution in [0.5, 0.6) is 0 Å². The molecule has 0 spiro atoms. The van der Waals surface area contributed by atoms with Crippen LogP contribution >= 0.6 is 0 Å². The van der Waals surface area contributed by atoms with Crippen molar-refractivity contribution in [3.8, 4) is 23.0 Å². The standard InChI is InChI=1S/C15H9FN4/c16-14-7-11(8-17)1-3-13(14)15-4-2-12(9-19-15)20-6-5-18-10-20/h1-7,9-10H. The Bertz CT molecular complexity index is 771. The Morgan fingerprint density at radius 3 is 2.70 bits per heavy atom. The minimum atomic E-state index is -0.452. The van der Waals surface area contributed by atoms with Crippen molar-refractivity contribution in [2.75, 3.05) is 0 Å². The maximum atomic E-state index is 13.9. The van der Waals surface area contributed by atoms with Crippen LogP contribution in [-0.4, -0.2) is 14.5 Å². The van der Waals surface area contributed by atoms with Crippen molar-refractivity contribution < 1.29 is 4.39 Å². The molecule has 0 aliphatic heterocycles. The number of rotatable bonds is 2. The zero-order valence-corrected chi connectivity index (χ0v) is 10.4. The lowest BCUT2D eigenvalue weighted by Gasteiger charge is -2.05. The lowest BCUT2D eigenvalue weighted by atomic mass is 10.1. The van der Waals surface area contributed by atoms with E-state index >= 15 is 0 Å². The summed E-state index contributed by atoms with van der Waals surface area (Å²) in [6, 6.07) is 9.82. The van der Waals surface area contributed by atoms with Crippen LogP contribution in [0.1, 0.15) is 5.56 Å². The molecule has 96 valence electrons. The van der Waals surface area contributed by atoms with Crippen molar-refractivity contribution in [1.82, 2.24) is 14.5 Å². The van der Waals surface area contributed by atoms with Crippen LogP contribution in [0.2, 0.25) is 0 Å². The molecule has 0 saturated heterocycles. The summed E-state index contributed by atoms with van der Waals surface area (Å²) in [6.07, 6.45) is 6.79. The third-order valence-electron chi connectivity index (χ3n) is 2.92.